The van der Waals surface area contributed by atoms with Crippen LogP contribution in [0, 0.1) is 0 Å². The molecule has 142 valence electrons. The Morgan fingerprint density at radius 2 is 2.04 bits per heavy atom. The van der Waals surface area contributed by atoms with Gasteiger partial charge in [-0.3, -0.25) is 19.4 Å². The molecule has 0 bridgehead atoms. The Morgan fingerprint density at radius 1 is 1.23 bits per heavy atom. The highest BCUT2D eigenvalue weighted by Crippen LogP contribution is 2.28. The average Bonchev–Trinajstić information content (AvgIpc) is 2.80. The van der Waals surface area contributed by atoms with Crippen molar-refractivity contribution in [1.82, 2.24) is 10.2 Å². The molecule has 0 saturated carbocycles. The van der Waals surface area contributed by atoms with E-state index in [0.29, 0.717) is 19.0 Å². The van der Waals surface area contributed by atoms with Crippen LogP contribution >= 0.6 is 0 Å². The van der Waals surface area contributed by atoms with Gasteiger partial charge in [-0.15, -0.1) is 0 Å². The first kappa shape index (κ1) is 18.9. The quantitative estimate of drug-likeness (QED) is 0.882. The maximum Gasteiger partial charge on any atom is 0.242 e. The lowest BCUT2D eigenvalue weighted by Gasteiger charge is -2.33. The van der Waals surface area contributed by atoms with Crippen LogP contribution in [-0.4, -0.2) is 48.4 Å². The van der Waals surface area contributed by atoms with Crippen molar-refractivity contribution < 1.29 is 9.59 Å². The fourth-order valence-corrected chi connectivity index (χ4v) is 4.14. The molecule has 1 fully saturated rings. The first-order valence-corrected chi connectivity index (χ1v) is 9.99. The predicted molar refractivity (Wildman–Crippen MR) is 104 cm³/mol. The number of amides is 2. The van der Waals surface area contributed by atoms with Crippen LogP contribution in [0.4, 0.5) is 5.69 Å². The minimum absolute atomic E-state index is 0.0438. The molecule has 1 saturated heterocycles. The molecule has 5 nitrogen and oxygen atoms in total. The molecule has 2 amide bonds. The van der Waals surface area contributed by atoms with Crippen LogP contribution in [0.1, 0.15) is 51.5 Å². The average molecular weight is 357 g/mol. The van der Waals surface area contributed by atoms with Gasteiger partial charge in [0.1, 0.15) is 6.04 Å². The third-order valence-corrected chi connectivity index (χ3v) is 5.76. The van der Waals surface area contributed by atoms with E-state index in [4.69, 9.17) is 0 Å². The standard InChI is InChI=1S/C21H31N3O2/c1-16-8-5-6-14-23(16)15-13-22-21(26)17(2)24-19-11-4-3-9-18(19)10-7-12-20(24)25/h3-4,9,11,16-17H,5-8,10,12-15H2,1-2H3,(H,22,26)/t16-,17+/m0/s1. The fourth-order valence-electron chi connectivity index (χ4n) is 4.14. The summed E-state index contributed by atoms with van der Waals surface area (Å²) >= 11 is 0. The predicted octanol–water partition coefficient (Wildman–Crippen LogP) is 2.74. The molecule has 1 N–H and O–H groups in total. The number of anilines is 1. The normalized spacial score (nSPS) is 22.5. The Kier molecular flexibility index (Phi) is 6.30. The van der Waals surface area contributed by atoms with Crippen molar-refractivity contribution in [2.75, 3.05) is 24.5 Å². The van der Waals surface area contributed by atoms with Gasteiger partial charge in [0, 0.05) is 31.2 Å². The number of nitrogens with one attached hydrogen (secondary N) is 1. The largest absolute Gasteiger partial charge is 0.353 e. The second kappa shape index (κ2) is 8.67. The Morgan fingerprint density at radius 3 is 2.85 bits per heavy atom. The van der Waals surface area contributed by atoms with Crippen LogP contribution in [0.25, 0.3) is 0 Å². The summed E-state index contributed by atoms with van der Waals surface area (Å²) in [6.45, 7) is 6.72. The van der Waals surface area contributed by atoms with Gasteiger partial charge < -0.3 is 5.32 Å². The summed E-state index contributed by atoms with van der Waals surface area (Å²) < 4.78 is 0. The van der Waals surface area contributed by atoms with E-state index < -0.39 is 6.04 Å². The van der Waals surface area contributed by atoms with E-state index in [1.165, 1.54) is 19.3 Å². The summed E-state index contributed by atoms with van der Waals surface area (Å²) in [5, 5.41) is 3.04. The first-order valence-electron chi connectivity index (χ1n) is 9.99. The summed E-state index contributed by atoms with van der Waals surface area (Å²) in [7, 11) is 0. The van der Waals surface area contributed by atoms with E-state index in [-0.39, 0.29) is 11.8 Å². The third-order valence-electron chi connectivity index (χ3n) is 5.76. The molecule has 2 aliphatic rings. The van der Waals surface area contributed by atoms with Gasteiger partial charge in [0.2, 0.25) is 11.8 Å². The van der Waals surface area contributed by atoms with Crippen LogP contribution in [0.2, 0.25) is 0 Å². The van der Waals surface area contributed by atoms with Gasteiger partial charge in [-0.25, -0.2) is 0 Å². The number of carbonyl (C=O) groups is 2. The highest BCUT2D eigenvalue weighted by molar-refractivity contribution is 6.01. The van der Waals surface area contributed by atoms with Gasteiger partial charge in [-0.2, -0.15) is 0 Å². The van der Waals surface area contributed by atoms with Gasteiger partial charge in [0.15, 0.2) is 0 Å². The van der Waals surface area contributed by atoms with E-state index >= 15 is 0 Å². The van der Waals surface area contributed by atoms with Gasteiger partial charge in [-0.05, 0) is 57.7 Å². The number of fused-ring (bicyclic) bond motifs is 1. The zero-order chi connectivity index (χ0) is 18.5. The van der Waals surface area contributed by atoms with Crippen molar-refractivity contribution in [2.24, 2.45) is 0 Å². The third kappa shape index (κ3) is 4.26. The van der Waals surface area contributed by atoms with Gasteiger partial charge in [-0.1, -0.05) is 24.6 Å². The Hall–Kier alpha value is -1.88. The van der Waals surface area contributed by atoms with Crippen molar-refractivity contribution in [1.29, 1.82) is 0 Å². The highest BCUT2D eigenvalue weighted by atomic mass is 16.2. The van der Waals surface area contributed by atoms with Gasteiger partial charge >= 0.3 is 0 Å². The maximum atomic E-state index is 12.7. The molecule has 2 aliphatic heterocycles. The molecule has 0 aromatic heterocycles. The van der Waals surface area contributed by atoms with Gasteiger partial charge in [0.05, 0.1) is 0 Å². The summed E-state index contributed by atoms with van der Waals surface area (Å²) in [4.78, 5) is 29.5. The zero-order valence-electron chi connectivity index (χ0n) is 16.0. The lowest BCUT2D eigenvalue weighted by atomic mass is 10.0. The van der Waals surface area contributed by atoms with E-state index in [0.717, 1.165) is 37.2 Å². The number of hydrogen-bond donors (Lipinski definition) is 1. The monoisotopic (exact) mass is 357 g/mol. The Balaban J connectivity index is 1.61. The molecule has 0 aliphatic carbocycles. The fraction of sp³-hybridized carbons (Fsp3) is 0.619. The number of nitrogens with zero attached hydrogens (tertiary/aromatic N) is 2. The number of para-hydroxylation sites is 1. The van der Waals surface area contributed by atoms with Crippen molar-refractivity contribution >= 4 is 17.5 Å². The number of piperidine rings is 1. The summed E-state index contributed by atoms with van der Waals surface area (Å²) in [5.41, 5.74) is 2.04. The molecule has 5 heteroatoms. The Bertz CT molecular complexity index is 646. The second-order valence-electron chi connectivity index (χ2n) is 7.59. The van der Waals surface area contributed by atoms with E-state index in [1.54, 1.807) is 4.90 Å². The number of aryl methyl sites for hydroxylation is 1. The molecule has 3 rings (SSSR count). The topological polar surface area (TPSA) is 52.7 Å². The lowest BCUT2D eigenvalue weighted by molar-refractivity contribution is -0.126. The van der Waals surface area contributed by atoms with Gasteiger partial charge in [0.25, 0.3) is 0 Å². The molecule has 0 radical (unpaired) electrons. The molecule has 2 heterocycles. The van der Waals surface area contributed by atoms with Crippen LogP contribution in [0.5, 0.6) is 0 Å². The molecule has 1 aromatic rings. The SMILES string of the molecule is C[C@H](C(=O)NCCN1CCCC[C@@H]1C)N1C(=O)CCCc2ccccc21. The van der Waals surface area contributed by atoms with Crippen LogP contribution in [0.15, 0.2) is 24.3 Å². The summed E-state index contributed by atoms with van der Waals surface area (Å²) in [6, 6.07) is 8.06. The van der Waals surface area contributed by atoms with Crippen LogP contribution in [-0.2, 0) is 16.0 Å². The van der Waals surface area contributed by atoms with Crippen molar-refractivity contribution in [3.8, 4) is 0 Å². The first-order chi connectivity index (χ1) is 12.6. The zero-order valence-corrected chi connectivity index (χ0v) is 16.0. The summed E-state index contributed by atoms with van der Waals surface area (Å²) in [6.07, 6.45) is 6.01. The molecule has 1 aromatic carbocycles. The van der Waals surface area contributed by atoms with E-state index in [2.05, 4.69) is 23.2 Å². The molecule has 26 heavy (non-hydrogen) atoms. The van der Waals surface area contributed by atoms with Crippen molar-refractivity contribution in [3.05, 3.63) is 29.8 Å². The minimum Gasteiger partial charge on any atom is -0.353 e. The van der Waals surface area contributed by atoms with Crippen LogP contribution < -0.4 is 10.2 Å². The van der Waals surface area contributed by atoms with Crippen molar-refractivity contribution in [2.45, 2.75) is 64.5 Å². The van der Waals surface area contributed by atoms with E-state index in [1.807, 2.05) is 25.1 Å². The number of hydrogen-bond acceptors (Lipinski definition) is 3. The number of rotatable bonds is 5. The molecule has 0 spiro atoms. The molecule has 0 unspecified atom stereocenters. The smallest absolute Gasteiger partial charge is 0.242 e. The Labute approximate surface area is 156 Å². The highest BCUT2D eigenvalue weighted by Gasteiger charge is 2.30. The number of likely N-dealkylation sites (tertiary alicyclic amines) is 1. The second-order valence-corrected chi connectivity index (χ2v) is 7.59. The minimum atomic E-state index is -0.486. The van der Waals surface area contributed by atoms with Crippen molar-refractivity contribution in [3.63, 3.8) is 0 Å². The lowest BCUT2D eigenvalue weighted by Crippen LogP contribution is -2.50. The molecular formula is C21H31N3O2. The van der Waals surface area contributed by atoms with Crippen LogP contribution in [0.3, 0.4) is 0 Å². The number of benzene rings is 1. The molecular weight excluding hydrogens is 326 g/mol. The van der Waals surface area contributed by atoms with E-state index in [9.17, 15) is 9.59 Å². The number of carbonyl (C=O) groups excluding carboxylic acids is 2. The maximum absolute atomic E-state index is 12.7. The summed E-state index contributed by atoms with van der Waals surface area (Å²) in [5.74, 6) is -0.0260. The molecule has 2 atom stereocenters.